The molecule has 3 N–H and O–H groups in total. The molecule has 0 heterocycles. The molecule has 5 nitrogen and oxygen atoms in total. The van der Waals surface area contributed by atoms with E-state index in [0.717, 1.165) is 5.57 Å². The number of hydrogen-bond donors (Lipinski definition) is 3. The van der Waals surface area contributed by atoms with Crippen molar-refractivity contribution in [1.82, 2.24) is 5.32 Å². The first-order valence-corrected chi connectivity index (χ1v) is 9.61. The Morgan fingerprint density at radius 2 is 1.84 bits per heavy atom. The molecule has 0 fully saturated rings. The van der Waals surface area contributed by atoms with Gasteiger partial charge in [0.05, 0.1) is 10.6 Å². The quantitative estimate of drug-likeness (QED) is 0.509. The van der Waals surface area contributed by atoms with Crippen molar-refractivity contribution in [1.29, 1.82) is 0 Å². The molecule has 2 rings (SSSR count). The third kappa shape index (κ3) is 6.04. The second-order valence-electron chi connectivity index (χ2n) is 5.41. The topological polar surface area (TPSA) is 70.2 Å². The maximum atomic E-state index is 12.5. The average molecular weight is 396 g/mol. The van der Waals surface area contributed by atoms with Crippen LogP contribution in [0.3, 0.4) is 0 Å². The maximum Gasteiger partial charge on any atom is 0.261 e. The Bertz CT molecular complexity index is 898. The van der Waals surface area contributed by atoms with Crippen molar-refractivity contribution in [3.05, 3.63) is 65.7 Å². The largest absolute Gasteiger partial charge is 0.359 e. The van der Waals surface area contributed by atoms with Gasteiger partial charge in [-0.05, 0) is 55.5 Å². The lowest BCUT2D eigenvalue weighted by Crippen LogP contribution is -2.29. The molecular weight excluding hydrogens is 378 g/mol. The van der Waals surface area contributed by atoms with Crippen LogP contribution < -0.4 is 15.4 Å². The van der Waals surface area contributed by atoms with Gasteiger partial charge in [0.1, 0.15) is 0 Å². The predicted molar refractivity (Wildman–Crippen MR) is 108 cm³/mol. The van der Waals surface area contributed by atoms with Crippen LogP contribution in [0.2, 0.25) is 5.02 Å². The number of hydrogen-bond acceptors (Lipinski definition) is 3. The normalized spacial score (nSPS) is 10.8. The van der Waals surface area contributed by atoms with Crippen LogP contribution in [-0.2, 0) is 10.0 Å². The summed E-state index contributed by atoms with van der Waals surface area (Å²) in [5.74, 6) is 0. The fourth-order valence-corrected chi connectivity index (χ4v) is 3.39. The Balaban J connectivity index is 2.14. The van der Waals surface area contributed by atoms with Gasteiger partial charge in [0, 0.05) is 17.3 Å². The summed E-state index contributed by atoms with van der Waals surface area (Å²) in [5.41, 5.74) is 1.89. The molecule has 0 aromatic heterocycles. The number of anilines is 2. The van der Waals surface area contributed by atoms with Gasteiger partial charge in [-0.15, -0.1) is 0 Å². The van der Waals surface area contributed by atoms with E-state index in [1.807, 2.05) is 6.92 Å². The first-order valence-electron chi connectivity index (χ1n) is 7.34. The highest BCUT2D eigenvalue weighted by Gasteiger charge is 2.15. The third-order valence-corrected chi connectivity index (χ3v) is 4.89. The van der Waals surface area contributed by atoms with E-state index in [-0.39, 0.29) is 4.90 Å². The summed E-state index contributed by atoms with van der Waals surface area (Å²) in [6.45, 7) is 6.20. The summed E-state index contributed by atoms with van der Waals surface area (Å²) >= 11 is 11.0. The van der Waals surface area contributed by atoms with Gasteiger partial charge >= 0.3 is 0 Å². The van der Waals surface area contributed by atoms with E-state index in [2.05, 4.69) is 21.9 Å². The van der Waals surface area contributed by atoms with Crippen molar-refractivity contribution in [2.45, 2.75) is 11.8 Å². The summed E-state index contributed by atoms with van der Waals surface area (Å²) in [5, 5.41) is 6.76. The second-order valence-corrected chi connectivity index (χ2v) is 7.94. The standard InChI is InChI=1S/C17H18ClN3O2S2/c1-12(2)11-19-17(24)20-14-6-4-8-16(10-14)25(22,23)21-15-7-3-5-13(18)9-15/h3-10,21H,1,11H2,2H3,(H2,19,20,24). The fraction of sp³-hybridized carbons (Fsp3) is 0.118. The number of thiocarbonyl (C=S) groups is 1. The summed E-state index contributed by atoms with van der Waals surface area (Å²) in [4.78, 5) is 0.111. The highest BCUT2D eigenvalue weighted by molar-refractivity contribution is 7.92. The minimum atomic E-state index is -3.74. The molecule has 0 aliphatic heterocycles. The van der Waals surface area contributed by atoms with Gasteiger partial charge in [-0.1, -0.05) is 35.9 Å². The molecule has 2 aromatic rings. The zero-order chi connectivity index (χ0) is 18.4. The van der Waals surface area contributed by atoms with E-state index in [1.165, 1.54) is 18.2 Å². The molecule has 25 heavy (non-hydrogen) atoms. The monoisotopic (exact) mass is 395 g/mol. The van der Waals surface area contributed by atoms with Crippen LogP contribution in [0.5, 0.6) is 0 Å². The van der Waals surface area contributed by atoms with Crippen molar-refractivity contribution in [2.75, 3.05) is 16.6 Å². The van der Waals surface area contributed by atoms with Gasteiger partial charge in [-0.2, -0.15) is 0 Å². The molecular formula is C17H18ClN3O2S2. The van der Waals surface area contributed by atoms with Gasteiger partial charge in [0.2, 0.25) is 0 Å². The first-order chi connectivity index (χ1) is 11.8. The Morgan fingerprint density at radius 3 is 2.52 bits per heavy atom. The number of sulfonamides is 1. The molecule has 0 aliphatic carbocycles. The van der Waals surface area contributed by atoms with Crippen molar-refractivity contribution in [3.63, 3.8) is 0 Å². The third-order valence-electron chi connectivity index (χ3n) is 3.03. The van der Waals surface area contributed by atoms with Crippen LogP contribution in [0.4, 0.5) is 11.4 Å². The van der Waals surface area contributed by atoms with E-state index < -0.39 is 10.0 Å². The van der Waals surface area contributed by atoms with Crippen LogP contribution in [-0.4, -0.2) is 20.1 Å². The zero-order valence-corrected chi connectivity index (χ0v) is 15.9. The maximum absolute atomic E-state index is 12.5. The van der Waals surface area contributed by atoms with E-state index in [1.54, 1.807) is 30.3 Å². The van der Waals surface area contributed by atoms with Crippen molar-refractivity contribution in [3.8, 4) is 0 Å². The number of halogens is 1. The smallest absolute Gasteiger partial charge is 0.261 e. The summed E-state index contributed by atoms with van der Waals surface area (Å²) in [6, 6.07) is 12.9. The lowest BCUT2D eigenvalue weighted by Gasteiger charge is -2.12. The zero-order valence-electron chi connectivity index (χ0n) is 13.5. The Morgan fingerprint density at radius 1 is 1.16 bits per heavy atom. The molecule has 0 unspecified atom stereocenters. The summed E-state index contributed by atoms with van der Waals surface area (Å²) < 4.78 is 27.5. The molecule has 0 saturated carbocycles. The van der Waals surface area contributed by atoms with E-state index in [4.69, 9.17) is 23.8 Å². The van der Waals surface area contributed by atoms with Crippen LogP contribution in [0, 0.1) is 0 Å². The Labute approximate surface area is 158 Å². The van der Waals surface area contributed by atoms with Gasteiger partial charge < -0.3 is 10.6 Å². The van der Waals surface area contributed by atoms with Gasteiger partial charge in [-0.25, -0.2) is 8.42 Å². The Kier molecular flexibility index (Phi) is 6.41. The van der Waals surface area contributed by atoms with Crippen LogP contribution in [0.1, 0.15) is 6.92 Å². The van der Waals surface area contributed by atoms with Crippen molar-refractivity contribution in [2.24, 2.45) is 0 Å². The van der Waals surface area contributed by atoms with Crippen molar-refractivity contribution >= 4 is 50.3 Å². The highest BCUT2D eigenvalue weighted by atomic mass is 35.5. The van der Waals surface area contributed by atoms with Crippen LogP contribution >= 0.6 is 23.8 Å². The highest BCUT2D eigenvalue weighted by Crippen LogP contribution is 2.21. The molecule has 0 saturated heterocycles. The van der Waals surface area contributed by atoms with Crippen LogP contribution in [0.15, 0.2) is 65.6 Å². The molecule has 0 amide bonds. The van der Waals surface area contributed by atoms with E-state index in [9.17, 15) is 8.42 Å². The average Bonchev–Trinajstić information content (AvgIpc) is 2.53. The van der Waals surface area contributed by atoms with Gasteiger partial charge in [0.25, 0.3) is 10.0 Å². The summed E-state index contributed by atoms with van der Waals surface area (Å²) in [7, 11) is -3.74. The lowest BCUT2D eigenvalue weighted by atomic mass is 10.3. The first kappa shape index (κ1) is 19.2. The number of nitrogens with one attached hydrogen (secondary N) is 3. The van der Waals surface area contributed by atoms with Crippen LogP contribution in [0.25, 0.3) is 0 Å². The molecule has 0 aliphatic rings. The fourth-order valence-electron chi connectivity index (χ4n) is 1.91. The minimum Gasteiger partial charge on any atom is -0.359 e. The SMILES string of the molecule is C=C(C)CNC(=S)Nc1cccc(S(=O)(=O)Nc2cccc(Cl)c2)c1. The molecule has 2 aromatic carbocycles. The van der Waals surface area contributed by atoms with Crippen molar-refractivity contribution < 1.29 is 8.42 Å². The predicted octanol–water partition coefficient (Wildman–Crippen LogP) is 4.00. The summed E-state index contributed by atoms with van der Waals surface area (Å²) in [6.07, 6.45) is 0. The molecule has 0 atom stereocenters. The molecule has 0 radical (unpaired) electrons. The van der Waals surface area contributed by atoms with Gasteiger partial charge in [0.15, 0.2) is 5.11 Å². The second kappa shape index (κ2) is 8.33. The Hall–Kier alpha value is -2.09. The minimum absolute atomic E-state index is 0.111. The molecule has 0 spiro atoms. The van der Waals surface area contributed by atoms with E-state index in [0.29, 0.717) is 28.1 Å². The van der Waals surface area contributed by atoms with Gasteiger partial charge in [-0.3, -0.25) is 4.72 Å². The van der Waals surface area contributed by atoms with E-state index >= 15 is 0 Å². The molecule has 0 bridgehead atoms. The number of rotatable bonds is 6. The molecule has 132 valence electrons. The number of benzene rings is 2. The molecule has 8 heteroatoms. The lowest BCUT2D eigenvalue weighted by molar-refractivity contribution is 0.601.